The van der Waals surface area contributed by atoms with Crippen LogP contribution in [0.2, 0.25) is 0 Å². The van der Waals surface area contributed by atoms with E-state index in [2.05, 4.69) is 5.32 Å². The second-order valence-corrected chi connectivity index (χ2v) is 11.8. The summed E-state index contributed by atoms with van der Waals surface area (Å²) in [5.74, 6) is -0.521. The summed E-state index contributed by atoms with van der Waals surface area (Å²) in [7, 11) is -1.49. The average Bonchev–Trinajstić information content (AvgIpc) is 3.41. The second kappa shape index (κ2) is 9.71. The van der Waals surface area contributed by atoms with Crippen molar-refractivity contribution in [2.45, 2.75) is 24.9 Å². The zero-order chi connectivity index (χ0) is 29.0. The number of carbonyl (C=O) groups excluding carboxylic acids is 1. The van der Waals surface area contributed by atoms with E-state index < -0.39 is 27.5 Å². The number of benzene rings is 3. The Morgan fingerprint density at radius 1 is 0.875 bits per heavy atom. The first-order chi connectivity index (χ1) is 18.7. The Morgan fingerprint density at radius 2 is 1.52 bits per heavy atom. The summed E-state index contributed by atoms with van der Waals surface area (Å²) >= 11 is 0. The van der Waals surface area contributed by atoms with Gasteiger partial charge in [-0.25, -0.2) is 8.42 Å². The van der Waals surface area contributed by atoms with Gasteiger partial charge in [-0.1, -0.05) is 12.1 Å². The lowest BCUT2D eigenvalue weighted by Crippen LogP contribution is -2.15. The molecule has 0 saturated carbocycles. The van der Waals surface area contributed by atoms with E-state index in [1.807, 2.05) is 36.0 Å². The van der Waals surface area contributed by atoms with E-state index >= 15 is 0 Å². The SMILES string of the molecule is Cc1cc(C(=O)Nc2ccc(S(C)(=O)=O)cc2)c(C)n1-c1ccc(-c2ccc3c(ccn3C)c2)cc1C(F)(F)F. The van der Waals surface area contributed by atoms with Gasteiger partial charge in [0.05, 0.1) is 21.7 Å². The van der Waals surface area contributed by atoms with Gasteiger partial charge >= 0.3 is 6.18 Å². The van der Waals surface area contributed by atoms with Crippen LogP contribution in [0.4, 0.5) is 18.9 Å². The Balaban J connectivity index is 1.52. The van der Waals surface area contributed by atoms with Gasteiger partial charge < -0.3 is 14.5 Å². The molecule has 1 amide bonds. The molecule has 0 unspecified atom stereocenters. The fourth-order valence-corrected chi connectivity index (χ4v) is 5.58. The van der Waals surface area contributed by atoms with Crippen molar-refractivity contribution in [2.75, 3.05) is 11.6 Å². The highest BCUT2D eigenvalue weighted by atomic mass is 32.2. The van der Waals surface area contributed by atoms with E-state index in [4.69, 9.17) is 0 Å². The molecule has 0 saturated heterocycles. The predicted molar refractivity (Wildman–Crippen MR) is 150 cm³/mol. The van der Waals surface area contributed by atoms with E-state index in [0.29, 0.717) is 28.2 Å². The summed E-state index contributed by atoms with van der Waals surface area (Å²) in [5.41, 5.74) is 2.54. The average molecular weight is 566 g/mol. The fourth-order valence-electron chi connectivity index (χ4n) is 4.95. The van der Waals surface area contributed by atoms with Crippen molar-refractivity contribution in [3.63, 3.8) is 0 Å². The number of carbonyl (C=O) groups is 1. The highest BCUT2D eigenvalue weighted by Crippen LogP contribution is 2.39. The summed E-state index contributed by atoms with van der Waals surface area (Å²) in [5, 5.41) is 3.62. The van der Waals surface area contributed by atoms with Crippen molar-refractivity contribution < 1.29 is 26.4 Å². The first-order valence-electron chi connectivity index (χ1n) is 12.3. The number of hydrogen-bond donors (Lipinski definition) is 1. The second-order valence-electron chi connectivity index (χ2n) is 9.80. The minimum absolute atomic E-state index is 0.0800. The molecular formula is C30H26F3N3O3S. The highest BCUT2D eigenvalue weighted by molar-refractivity contribution is 7.90. The van der Waals surface area contributed by atoms with Crippen LogP contribution in [-0.4, -0.2) is 29.7 Å². The number of rotatable bonds is 5. The van der Waals surface area contributed by atoms with Crippen LogP contribution in [-0.2, 0) is 23.1 Å². The number of halogens is 3. The quantitative estimate of drug-likeness (QED) is 0.251. The maximum atomic E-state index is 14.4. The van der Waals surface area contributed by atoms with E-state index in [0.717, 1.165) is 23.2 Å². The lowest BCUT2D eigenvalue weighted by atomic mass is 10.00. The number of anilines is 1. The van der Waals surface area contributed by atoms with Gasteiger partial charge in [0.15, 0.2) is 9.84 Å². The molecular weight excluding hydrogens is 539 g/mol. The molecule has 2 aromatic heterocycles. The minimum atomic E-state index is -4.64. The fraction of sp³-hybridized carbons (Fsp3) is 0.167. The zero-order valence-electron chi connectivity index (χ0n) is 22.2. The van der Waals surface area contributed by atoms with Crippen molar-refractivity contribution in [3.05, 3.63) is 102 Å². The first kappa shape index (κ1) is 27.3. The van der Waals surface area contributed by atoms with E-state index in [1.54, 1.807) is 26.0 Å². The molecule has 6 nitrogen and oxygen atoms in total. The smallest absolute Gasteiger partial charge is 0.351 e. The Bertz CT molecular complexity index is 1880. The number of fused-ring (bicyclic) bond motifs is 1. The highest BCUT2D eigenvalue weighted by Gasteiger charge is 2.35. The molecule has 10 heteroatoms. The molecule has 0 spiro atoms. The van der Waals surface area contributed by atoms with Crippen LogP contribution in [0.25, 0.3) is 27.7 Å². The van der Waals surface area contributed by atoms with E-state index in [9.17, 15) is 26.4 Å². The van der Waals surface area contributed by atoms with E-state index in [1.165, 1.54) is 41.0 Å². The third kappa shape index (κ3) is 5.02. The summed E-state index contributed by atoms with van der Waals surface area (Å²) < 4.78 is 69.9. The molecule has 0 aliphatic carbocycles. The molecule has 0 fully saturated rings. The largest absolute Gasteiger partial charge is 0.418 e. The third-order valence-electron chi connectivity index (χ3n) is 6.98. The van der Waals surface area contributed by atoms with Crippen molar-refractivity contribution in [1.29, 1.82) is 0 Å². The number of nitrogens with zero attached hydrogens (tertiary/aromatic N) is 2. The molecule has 3 aromatic carbocycles. The Morgan fingerprint density at radius 3 is 2.17 bits per heavy atom. The maximum absolute atomic E-state index is 14.4. The summed E-state index contributed by atoms with van der Waals surface area (Å²) in [4.78, 5) is 13.2. The lowest BCUT2D eigenvalue weighted by molar-refractivity contribution is -0.137. The van der Waals surface area contributed by atoms with Crippen LogP contribution in [0.15, 0.2) is 83.9 Å². The Hall–Kier alpha value is -4.31. The number of alkyl halides is 3. The molecule has 5 rings (SSSR count). The zero-order valence-corrected chi connectivity index (χ0v) is 23.0. The number of sulfone groups is 1. The van der Waals surface area contributed by atoms with Gasteiger partial charge in [0.25, 0.3) is 5.91 Å². The number of nitrogens with one attached hydrogen (secondary N) is 1. The van der Waals surface area contributed by atoms with Gasteiger partial charge in [0, 0.05) is 47.5 Å². The van der Waals surface area contributed by atoms with Gasteiger partial charge in [-0.15, -0.1) is 0 Å². The standard InChI is InChI=1S/C30H26F3N3O3S/c1-18-15-25(29(37)34-23-7-9-24(10-8-23)40(4,38)39)19(2)36(18)28-12-6-21(17-26(28)30(31,32)33)20-5-11-27-22(16-20)13-14-35(27)3/h5-17H,1-4H3,(H,34,37). The third-order valence-corrected chi connectivity index (χ3v) is 8.11. The maximum Gasteiger partial charge on any atom is 0.418 e. The topological polar surface area (TPSA) is 73.1 Å². The predicted octanol–water partition coefficient (Wildman–Crippen LogP) is 6.93. The molecule has 0 aliphatic rings. The van der Waals surface area contributed by atoms with Crippen LogP contribution in [0.1, 0.15) is 27.3 Å². The monoisotopic (exact) mass is 565 g/mol. The normalized spacial score (nSPS) is 12.2. The molecule has 0 radical (unpaired) electrons. The molecule has 40 heavy (non-hydrogen) atoms. The van der Waals surface area contributed by atoms with Gasteiger partial charge in [-0.3, -0.25) is 4.79 Å². The van der Waals surface area contributed by atoms with Crippen molar-refractivity contribution in [2.24, 2.45) is 7.05 Å². The minimum Gasteiger partial charge on any atom is -0.351 e. The Labute approximate surface area is 229 Å². The van der Waals surface area contributed by atoms with Crippen molar-refractivity contribution in [3.8, 4) is 16.8 Å². The van der Waals surface area contributed by atoms with Gasteiger partial charge in [-0.05, 0) is 85.6 Å². The van der Waals surface area contributed by atoms with Crippen LogP contribution >= 0.6 is 0 Å². The summed E-state index contributed by atoms with van der Waals surface area (Å²) in [6.45, 7) is 3.23. The first-order valence-corrected chi connectivity index (χ1v) is 14.2. The molecule has 0 atom stereocenters. The summed E-state index contributed by atoms with van der Waals surface area (Å²) in [6.07, 6.45) is -1.66. The van der Waals surface area contributed by atoms with E-state index in [-0.39, 0.29) is 16.1 Å². The number of amides is 1. The molecule has 2 heterocycles. The van der Waals surface area contributed by atoms with Gasteiger partial charge in [0.1, 0.15) is 0 Å². The van der Waals surface area contributed by atoms with Crippen molar-refractivity contribution in [1.82, 2.24) is 9.13 Å². The number of hydrogen-bond acceptors (Lipinski definition) is 3. The molecule has 5 aromatic rings. The van der Waals surface area contributed by atoms with Crippen LogP contribution < -0.4 is 5.32 Å². The molecule has 1 N–H and O–H groups in total. The summed E-state index contributed by atoms with van der Waals surface area (Å²) in [6, 6.07) is 18.9. The Kier molecular flexibility index (Phi) is 6.62. The number of aryl methyl sites for hydroxylation is 2. The van der Waals surface area contributed by atoms with Crippen LogP contribution in [0.3, 0.4) is 0 Å². The van der Waals surface area contributed by atoms with Crippen LogP contribution in [0.5, 0.6) is 0 Å². The molecule has 0 bridgehead atoms. The number of aromatic nitrogens is 2. The van der Waals surface area contributed by atoms with Gasteiger partial charge in [-0.2, -0.15) is 13.2 Å². The van der Waals surface area contributed by atoms with Crippen LogP contribution in [0, 0.1) is 13.8 Å². The molecule has 0 aliphatic heterocycles. The van der Waals surface area contributed by atoms with Crippen molar-refractivity contribution >= 4 is 32.3 Å². The lowest BCUT2D eigenvalue weighted by Gasteiger charge is -2.18. The van der Waals surface area contributed by atoms with Gasteiger partial charge in [0.2, 0.25) is 0 Å². The molecule has 206 valence electrons.